The number of alkyl halides is 3. The quantitative estimate of drug-likeness (QED) is 0.841. The van der Waals surface area contributed by atoms with Crippen LogP contribution in [0.2, 0.25) is 0 Å². The van der Waals surface area contributed by atoms with E-state index in [1.165, 1.54) is 0 Å². The first-order valence-corrected chi connectivity index (χ1v) is 6.17. The van der Waals surface area contributed by atoms with E-state index in [0.29, 0.717) is 17.0 Å². The second-order valence-corrected chi connectivity index (χ2v) is 4.78. The molecule has 0 fully saturated rings. The van der Waals surface area contributed by atoms with Crippen molar-refractivity contribution in [2.45, 2.75) is 25.8 Å². The molecule has 1 rings (SSSR count). The molecule has 1 amide bonds. The van der Waals surface area contributed by atoms with Gasteiger partial charge < -0.3 is 9.84 Å². The molecule has 0 saturated carbocycles. The second-order valence-electron chi connectivity index (χ2n) is 3.62. The maximum Gasteiger partial charge on any atom is 0.441 e. The van der Waals surface area contributed by atoms with Crippen LogP contribution in [0.4, 0.5) is 13.2 Å². The first-order chi connectivity index (χ1) is 8.29. The van der Waals surface area contributed by atoms with Gasteiger partial charge >= 0.3 is 5.51 Å². The number of hydrogen-bond acceptors (Lipinski definition) is 4. The van der Waals surface area contributed by atoms with E-state index in [1.54, 1.807) is 13.8 Å². The van der Waals surface area contributed by atoms with Crippen LogP contribution < -0.4 is 5.32 Å². The normalized spacial score (nSPS) is 11.6. The molecule has 4 nitrogen and oxygen atoms in total. The maximum atomic E-state index is 11.8. The minimum absolute atomic E-state index is 0.0214. The molecule has 0 spiro atoms. The van der Waals surface area contributed by atoms with Gasteiger partial charge in [-0.25, -0.2) is 0 Å². The van der Waals surface area contributed by atoms with Crippen molar-refractivity contribution in [1.82, 2.24) is 10.5 Å². The average molecular weight is 282 g/mol. The molecule has 0 aromatic carbocycles. The molecule has 0 atom stereocenters. The number of thioether (sulfide) groups is 1. The molecule has 0 radical (unpaired) electrons. The Balaban J connectivity index is 2.31. The van der Waals surface area contributed by atoms with E-state index in [1.807, 2.05) is 0 Å². The lowest BCUT2D eigenvalue weighted by atomic mass is 10.1. The fourth-order valence-electron chi connectivity index (χ4n) is 1.33. The van der Waals surface area contributed by atoms with Gasteiger partial charge in [0.2, 0.25) is 5.91 Å². The molecule has 0 aliphatic rings. The van der Waals surface area contributed by atoms with E-state index >= 15 is 0 Å². The van der Waals surface area contributed by atoms with Crippen molar-refractivity contribution >= 4 is 17.7 Å². The van der Waals surface area contributed by atoms with Gasteiger partial charge in [-0.1, -0.05) is 5.16 Å². The van der Waals surface area contributed by atoms with E-state index < -0.39 is 5.51 Å². The number of nitrogens with zero attached hydrogens (tertiary/aromatic N) is 1. The molecule has 1 N–H and O–H groups in total. The number of hydrogen-bond donors (Lipinski definition) is 1. The predicted molar refractivity (Wildman–Crippen MR) is 61.2 cm³/mol. The smallest absolute Gasteiger partial charge is 0.361 e. The van der Waals surface area contributed by atoms with Crippen LogP contribution >= 0.6 is 11.8 Å². The number of nitrogens with one attached hydrogen (secondary N) is 1. The van der Waals surface area contributed by atoms with Gasteiger partial charge in [-0.2, -0.15) is 13.2 Å². The summed E-state index contributed by atoms with van der Waals surface area (Å²) in [4.78, 5) is 11.5. The van der Waals surface area contributed by atoms with E-state index in [9.17, 15) is 18.0 Å². The van der Waals surface area contributed by atoms with Crippen molar-refractivity contribution in [3.63, 3.8) is 0 Å². The highest BCUT2D eigenvalue weighted by atomic mass is 32.2. The summed E-state index contributed by atoms with van der Waals surface area (Å²) < 4.78 is 40.3. The van der Waals surface area contributed by atoms with Crippen molar-refractivity contribution in [2.24, 2.45) is 0 Å². The largest absolute Gasteiger partial charge is 0.441 e. The molecule has 1 aromatic rings. The molecule has 102 valence electrons. The highest BCUT2D eigenvalue weighted by Gasteiger charge is 2.27. The molecule has 1 heterocycles. The monoisotopic (exact) mass is 282 g/mol. The van der Waals surface area contributed by atoms with Crippen LogP contribution in [0, 0.1) is 13.8 Å². The number of aryl methyl sites for hydroxylation is 2. The van der Waals surface area contributed by atoms with E-state index in [0.717, 1.165) is 0 Å². The maximum absolute atomic E-state index is 11.8. The number of aromatic nitrogens is 1. The molecule has 0 aliphatic heterocycles. The summed E-state index contributed by atoms with van der Waals surface area (Å²) in [6.45, 7) is 3.37. The Bertz CT molecular complexity index is 398. The van der Waals surface area contributed by atoms with Crippen LogP contribution in [0.25, 0.3) is 0 Å². The Kier molecular flexibility index (Phi) is 5.06. The molecule has 1 aromatic heterocycles. The zero-order chi connectivity index (χ0) is 13.8. The lowest BCUT2D eigenvalue weighted by molar-refractivity contribution is -0.120. The lowest BCUT2D eigenvalue weighted by Crippen LogP contribution is -2.28. The fourth-order valence-corrected chi connectivity index (χ4v) is 1.77. The zero-order valence-electron chi connectivity index (χ0n) is 9.93. The van der Waals surface area contributed by atoms with Crippen molar-refractivity contribution in [2.75, 3.05) is 12.3 Å². The standard InChI is InChI=1S/C10H13F3N2O2S/c1-6-8(7(2)17-15-6)5-9(16)14-3-4-18-10(11,12)13/h3-5H2,1-2H3,(H,14,16). The van der Waals surface area contributed by atoms with Gasteiger partial charge in [0, 0.05) is 17.9 Å². The van der Waals surface area contributed by atoms with Crippen LogP contribution in [0.1, 0.15) is 17.0 Å². The Hall–Kier alpha value is -1.18. The van der Waals surface area contributed by atoms with Gasteiger partial charge in [0.25, 0.3) is 0 Å². The topological polar surface area (TPSA) is 55.1 Å². The Morgan fingerprint density at radius 3 is 2.61 bits per heavy atom. The van der Waals surface area contributed by atoms with Gasteiger partial charge in [0.1, 0.15) is 5.76 Å². The third kappa shape index (κ3) is 4.99. The highest BCUT2D eigenvalue weighted by molar-refractivity contribution is 8.00. The van der Waals surface area contributed by atoms with Crippen molar-refractivity contribution in [3.8, 4) is 0 Å². The summed E-state index contributed by atoms with van der Waals surface area (Å²) in [5, 5.41) is 6.11. The van der Waals surface area contributed by atoms with Gasteiger partial charge in [0.15, 0.2) is 0 Å². The molecular formula is C10H13F3N2O2S. The number of carbonyl (C=O) groups excluding carboxylic acids is 1. The lowest BCUT2D eigenvalue weighted by Gasteiger charge is -2.07. The number of carbonyl (C=O) groups is 1. The first kappa shape index (κ1) is 14.9. The summed E-state index contributed by atoms with van der Waals surface area (Å²) in [6, 6.07) is 0. The van der Waals surface area contributed by atoms with Crippen LogP contribution in [-0.4, -0.2) is 28.9 Å². The highest BCUT2D eigenvalue weighted by Crippen LogP contribution is 2.29. The Morgan fingerprint density at radius 2 is 2.11 bits per heavy atom. The minimum Gasteiger partial charge on any atom is -0.361 e. The first-order valence-electron chi connectivity index (χ1n) is 5.18. The number of rotatable bonds is 5. The van der Waals surface area contributed by atoms with E-state index in [2.05, 4.69) is 10.5 Å². The van der Waals surface area contributed by atoms with E-state index in [-0.39, 0.29) is 36.4 Å². The zero-order valence-corrected chi connectivity index (χ0v) is 10.7. The SMILES string of the molecule is Cc1noc(C)c1CC(=O)NCCSC(F)(F)F. The van der Waals surface area contributed by atoms with Crippen LogP contribution in [-0.2, 0) is 11.2 Å². The number of amides is 1. The molecule has 0 bridgehead atoms. The van der Waals surface area contributed by atoms with Crippen LogP contribution in [0.15, 0.2) is 4.52 Å². The Labute approximate surface area is 106 Å². The van der Waals surface area contributed by atoms with Crippen molar-refractivity contribution in [3.05, 3.63) is 17.0 Å². The summed E-state index contributed by atoms with van der Waals surface area (Å²) in [6.07, 6.45) is 0.0673. The predicted octanol–water partition coefficient (Wildman–Crippen LogP) is 2.20. The molecule has 18 heavy (non-hydrogen) atoms. The van der Waals surface area contributed by atoms with Crippen molar-refractivity contribution < 1.29 is 22.5 Å². The summed E-state index contributed by atoms with van der Waals surface area (Å²) in [5.74, 6) is 0.0103. The van der Waals surface area contributed by atoms with Crippen LogP contribution in [0.3, 0.4) is 0 Å². The second kappa shape index (κ2) is 6.12. The number of halogens is 3. The van der Waals surface area contributed by atoms with Gasteiger partial charge in [-0.15, -0.1) is 0 Å². The molecule has 0 saturated heterocycles. The summed E-state index contributed by atoms with van der Waals surface area (Å²) >= 11 is -0.156. The molecular weight excluding hydrogens is 269 g/mol. The van der Waals surface area contributed by atoms with Crippen molar-refractivity contribution in [1.29, 1.82) is 0 Å². The fraction of sp³-hybridized carbons (Fsp3) is 0.600. The van der Waals surface area contributed by atoms with Gasteiger partial charge in [-0.3, -0.25) is 4.79 Å². The summed E-state index contributed by atoms with van der Waals surface area (Å²) in [5.41, 5.74) is -2.96. The minimum atomic E-state index is -4.26. The molecule has 8 heteroatoms. The Morgan fingerprint density at radius 1 is 1.44 bits per heavy atom. The van der Waals surface area contributed by atoms with Gasteiger partial charge in [-0.05, 0) is 25.6 Å². The third-order valence-corrected chi connectivity index (χ3v) is 2.94. The van der Waals surface area contributed by atoms with Gasteiger partial charge in [0.05, 0.1) is 12.1 Å². The van der Waals surface area contributed by atoms with Crippen LogP contribution in [0.5, 0.6) is 0 Å². The third-order valence-electron chi connectivity index (χ3n) is 2.21. The summed E-state index contributed by atoms with van der Waals surface area (Å²) in [7, 11) is 0. The van der Waals surface area contributed by atoms with E-state index in [4.69, 9.17) is 4.52 Å². The molecule has 0 aliphatic carbocycles. The molecule has 0 unspecified atom stereocenters. The average Bonchev–Trinajstić information content (AvgIpc) is 2.55.